The lowest BCUT2D eigenvalue weighted by Gasteiger charge is -2.15. The Morgan fingerprint density at radius 3 is 2.46 bits per heavy atom. The van der Waals surface area contributed by atoms with E-state index in [2.05, 4.69) is 22.9 Å². The molecule has 1 aromatic rings. The first-order chi connectivity index (χ1) is 11.2. The summed E-state index contributed by atoms with van der Waals surface area (Å²) in [5.74, 6) is -2.92. The van der Waals surface area contributed by atoms with Crippen LogP contribution in [0.15, 0.2) is 18.2 Å². The van der Waals surface area contributed by atoms with E-state index >= 15 is 0 Å². The van der Waals surface area contributed by atoms with E-state index in [1.807, 2.05) is 0 Å². The number of nitrogens with one attached hydrogen (secondary N) is 2. The fourth-order valence-corrected chi connectivity index (χ4v) is 1.92. The highest BCUT2D eigenvalue weighted by Gasteiger charge is 2.20. The van der Waals surface area contributed by atoms with Crippen molar-refractivity contribution in [3.05, 3.63) is 29.3 Å². The standard InChI is InChI=1S/C14H17N3O6S/c15-11(24)4-2-9(13(21)22)17-14(23)16-6-7-1-3-10(18)8(5-7)12(19)20/h1,3,5,9,18H,2,4,6H2,(H2,15,24)(H,19,20)(H,21,22)(H2,16,17,23). The third-order valence-electron chi connectivity index (χ3n) is 3.03. The molecule has 0 bridgehead atoms. The number of carbonyl (C=O) groups is 3. The van der Waals surface area contributed by atoms with Gasteiger partial charge in [-0.2, -0.15) is 0 Å². The molecule has 24 heavy (non-hydrogen) atoms. The largest absolute Gasteiger partial charge is 0.507 e. The molecular formula is C14H17N3O6S. The molecular weight excluding hydrogens is 338 g/mol. The Labute approximate surface area is 142 Å². The number of benzene rings is 1. The summed E-state index contributed by atoms with van der Waals surface area (Å²) < 4.78 is 0. The minimum atomic E-state index is -1.30. The zero-order chi connectivity index (χ0) is 18.3. The molecule has 2 amide bonds. The lowest BCUT2D eigenvalue weighted by molar-refractivity contribution is -0.139. The van der Waals surface area contributed by atoms with Crippen LogP contribution in [-0.4, -0.2) is 44.3 Å². The highest BCUT2D eigenvalue weighted by Crippen LogP contribution is 2.18. The van der Waals surface area contributed by atoms with Crippen molar-refractivity contribution in [2.75, 3.05) is 0 Å². The summed E-state index contributed by atoms with van der Waals surface area (Å²) in [5.41, 5.74) is 5.43. The molecule has 1 unspecified atom stereocenters. The quantitative estimate of drug-likeness (QED) is 0.365. The molecule has 1 aromatic carbocycles. The first kappa shape index (κ1) is 19.2. The first-order valence-electron chi connectivity index (χ1n) is 6.81. The molecule has 1 atom stereocenters. The second-order valence-corrected chi connectivity index (χ2v) is 5.40. The highest BCUT2D eigenvalue weighted by atomic mass is 32.1. The highest BCUT2D eigenvalue weighted by molar-refractivity contribution is 7.80. The Bertz CT molecular complexity index is 664. The number of hydrogen-bond donors (Lipinski definition) is 6. The van der Waals surface area contributed by atoms with Crippen LogP contribution in [0.25, 0.3) is 0 Å². The van der Waals surface area contributed by atoms with Crippen molar-refractivity contribution in [1.29, 1.82) is 0 Å². The molecule has 7 N–H and O–H groups in total. The SMILES string of the molecule is NC(=S)CCC(NC(=O)NCc1ccc(O)c(C(=O)O)c1)C(=O)O. The number of amides is 2. The average molecular weight is 355 g/mol. The van der Waals surface area contributed by atoms with Gasteiger partial charge in [0, 0.05) is 13.0 Å². The van der Waals surface area contributed by atoms with E-state index in [1.165, 1.54) is 18.2 Å². The summed E-state index contributed by atoms with van der Waals surface area (Å²) in [6.45, 7) is -0.0476. The van der Waals surface area contributed by atoms with Gasteiger partial charge in [-0.1, -0.05) is 18.3 Å². The van der Waals surface area contributed by atoms with Crippen LogP contribution in [0.3, 0.4) is 0 Å². The van der Waals surface area contributed by atoms with Gasteiger partial charge in [-0.15, -0.1) is 0 Å². The fourth-order valence-electron chi connectivity index (χ4n) is 1.80. The number of carboxylic acids is 2. The van der Waals surface area contributed by atoms with Gasteiger partial charge in [0.2, 0.25) is 0 Å². The summed E-state index contributed by atoms with van der Waals surface area (Å²) in [5, 5.41) is 32.0. The van der Waals surface area contributed by atoms with E-state index in [4.69, 9.17) is 15.9 Å². The Morgan fingerprint density at radius 2 is 1.92 bits per heavy atom. The van der Waals surface area contributed by atoms with E-state index in [9.17, 15) is 19.5 Å². The van der Waals surface area contributed by atoms with Gasteiger partial charge >= 0.3 is 18.0 Å². The van der Waals surface area contributed by atoms with E-state index < -0.39 is 24.0 Å². The lowest BCUT2D eigenvalue weighted by Crippen LogP contribution is -2.46. The van der Waals surface area contributed by atoms with Crippen LogP contribution in [0.2, 0.25) is 0 Å². The maximum atomic E-state index is 11.7. The van der Waals surface area contributed by atoms with Gasteiger partial charge in [0.1, 0.15) is 17.4 Å². The topological polar surface area (TPSA) is 162 Å². The molecule has 9 nitrogen and oxygen atoms in total. The van der Waals surface area contributed by atoms with Crippen molar-refractivity contribution in [1.82, 2.24) is 10.6 Å². The van der Waals surface area contributed by atoms with Gasteiger partial charge in [0.25, 0.3) is 0 Å². The van der Waals surface area contributed by atoms with Crippen LogP contribution >= 0.6 is 12.2 Å². The third-order valence-corrected chi connectivity index (χ3v) is 3.23. The Balaban J connectivity index is 2.61. The molecule has 0 aliphatic carbocycles. The average Bonchev–Trinajstić information content (AvgIpc) is 2.49. The van der Waals surface area contributed by atoms with E-state index in [0.29, 0.717) is 5.56 Å². The summed E-state index contributed by atoms with van der Waals surface area (Å²) >= 11 is 4.66. The van der Waals surface area contributed by atoms with Crippen LogP contribution < -0.4 is 16.4 Å². The number of nitrogens with two attached hydrogens (primary N) is 1. The molecule has 0 spiro atoms. The van der Waals surface area contributed by atoms with Gasteiger partial charge in [0.05, 0.1) is 4.99 Å². The molecule has 10 heteroatoms. The number of hydrogen-bond acceptors (Lipinski definition) is 5. The minimum absolute atomic E-state index is 0.0476. The maximum Gasteiger partial charge on any atom is 0.339 e. The van der Waals surface area contributed by atoms with Crippen molar-refractivity contribution in [3.63, 3.8) is 0 Å². The molecule has 1 rings (SSSR count). The number of aromatic carboxylic acids is 1. The predicted octanol–water partition coefficient (Wildman–Crippen LogP) is 0.409. The van der Waals surface area contributed by atoms with Gasteiger partial charge in [-0.05, 0) is 24.1 Å². The van der Waals surface area contributed by atoms with Gasteiger partial charge in [-0.3, -0.25) is 0 Å². The second-order valence-electron chi connectivity index (χ2n) is 4.88. The second kappa shape index (κ2) is 8.67. The number of aromatic hydroxyl groups is 1. The van der Waals surface area contributed by atoms with Crippen molar-refractivity contribution in [2.45, 2.75) is 25.4 Å². The number of aliphatic carboxylic acids is 1. The predicted molar refractivity (Wildman–Crippen MR) is 87.9 cm³/mol. The van der Waals surface area contributed by atoms with E-state index in [-0.39, 0.29) is 35.7 Å². The fraction of sp³-hybridized carbons (Fsp3) is 0.286. The maximum absolute atomic E-state index is 11.7. The van der Waals surface area contributed by atoms with Gasteiger partial charge < -0.3 is 31.7 Å². The lowest BCUT2D eigenvalue weighted by atomic mass is 10.1. The van der Waals surface area contributed by atoms with Crippen LogP contribution in [0, 0.1) is 0 Å². The Kier molecular flexibility index (Phi) is 6.93. The van der Waals surface area contributed by atoms with Gasteiger partial charge in [-0.25, -0.2) is 14.4 Å². The zero-order valence-electron chi connectivity index (χ0n) is 12.5. The Hall–Kier alpha value is -2.88. The number of rotatable bonds is 8. The zero-order valence-corrected chi connectivity index (χ0v) is 13.3. The first-order valence-corrected chi connectivity index (χ1v) is 7.22. The molecule has 0 saturated carbocycles. The molecule has 0 aliphatic rings. The smallest absolute Gasteiger partial charge is 0.339 e. The summed E-state index contributed by atoms with van der Waals surface area (Å²) in [4.78, 5) is 33.9. The van der Waals surface area contributed by atoms with Crippen molar-refractivity contribution in [2.24, 2.45) is 5.73 Å². The minimum Gasteiger partial charge on any atom is -0.507 e. The third kappa shape index (κ3) is 6.08. The molecule has 0 heterocycles. The Morgan fingerprint density at radius 1 is 1.25 bits per heavy atom. The van der Waals surface area contributed by atoms with Crippen LogP contribution in [-0.2, 0) is 11.3 Å². The van der Waals surface area contributed by atoms with Crippen molar-refractivity contribution >= 4 is 35.2 Å². The molecule has 0 aliphatic heterocycles. The van der Waals surface area contributed by atoms with Gasteiger partial charge in [0.15, 0.2) is 0 Å². The van der Waals surface area contributed by atoms with Crippen LogP contribution in [0.4, 0.5) is 4.79 Å². The number of carbonyl (C=O) groups excluding carboxylic acids is 1. The van der Waals surface area contributed by atoms with E-state index in [0.717, 1.165) is 0 Å². The molecule has 130 valence electrons. The number of urea groups is 1. The molecule has 0 saturated heterocycles. The van der Waals surface area contributed by atoms with Crippen molar-refractivity contribution in [3.8, 4) is 5.75 Å². The summed E-state index contributed by atoms with van der Waals surface area (Å²) in [6, 6.07) is 1.94. The monoisotopic (exact) mass is 355 g/mol. The van der Waals surface area contributed by atoms with Crippen LogP contribution in [0.5, 0.6) is 5.75 Å². The normalized spacial score (nSPS) is 11.3. The molecule has 0 radical (unpaired) electrons. The molecule has 0 fully saturated rings. The number of thiocarbonyl (C=S) groups is 1. The number of phenols is 1. The number of carboxylic acid groups (broad SMARTS) is 2. The van der Waals surface area contributed by atoms with E-state index in [1.54, 1.807) is 0 Å². The summed E-state index contributed by atoms with van der Waals surface area (Å²) in [7, 11) is 0. The molecule has 0 aromatic heterocycles. The van der Waals surface area contributed by atoms with Crippen LogP contribution in [0.1, 0.15) is 28.8 Å². The summed E-state index contributed by atoms with van der Waals surface area (Å²) in [6.07, 6.45) is 0.229. The van der Waals surface area contributed by atoms with Crippen molar-refractivity contribution < 1.29 is 29.7 Å².